The summed E-state index contributed by atoms with van der Waals surface area (Å²) in [6, 6.07) is 16.1. The Labute approximate surface area is 156 Å². The summed E-state index contributed by atoms with van der Waals surface area (Å²) >= 11 is 0. The van der Waals surface area contributed by atoms with Crippen molar-refractivity contribution < 1.29 is 9.59 Å². The quantitative estimate of drug-likeness (QED) is 0.627. The van der Waals surface area contributed by atoms with Gasteiger partial charge in [0.05, 0.1) is 12.2 Å². The van der Waals surface area contributed by atoms with Crippen molar-refractivity contribution in [3.05, 3.63) is 78.2 Å². The lowest BCUT2D eigenvalue weighted by Crippen LogP contribution is -2.23. The molecule has 3 N–H and O–H groups in total. The van der Waals surface area contributed by atoms with Crippen LogP contribution >= 0.6 is 0 Å². The van der Waals surface area contributed by atoms with Crippen LogP contribution in [0.4, 0.5) is 17.2 Å². The lowest BCUT2D eigenvalue weighted by molar-refractivity contribution is -0.114. The third-order valence-corrected chi connectivity index (χ3v) is 3.66. The fraction of sp³-hybridized carbons (Fsp3) is 0.100. The molecule has 1 aromatic carbocycles. The second-order valence-electron chi connectivity index (χ2n) is 5.82. The fourth-order valence-corrected chi connectivity index (χ4v) is 2.40. The van der Waals surface area contributed by atoms with Crippen molar-refractivity contribution in [1.82, 2.24) is 15.3 Å². The Morgan fingerprint density at radius 3 is 2.41 bits per heavy atom. The summed E-state index contributed by atoms with van der Waals surface area (Å²) in [6.07, 6.45) is 3.26. The Balaban J connectivity index is 1.62. The summed E-state index contributed by atoms with van der Waals surface area (Å²) in [7, 11) is 0. The van der Waals surface area contributed by atoms with Gasteiger partial charge in [0.1, 0.15) is 5.82 Å². The van der Waals surface area contributed by atoms with Crippen LogP contribution in [0.3, 0.4) is 0 Å². The van der Waals surface area contributed by atoms with E-state index in [-0.39, 0.29) is 11.8 Å². The van der Waals surface area contributed by atoms with E-state index in [9.17, 15) is 9.59 Å². The molecule has 3 aromatic rings. The average Bonchev–Trinajstić information content (AvgIpc) is 2.68. The minimum atomic E-state index is -0.202. The van der Waals surface area contributed by atoms with Crippen molar-refractivity contribution in [3.63, 3.8) is 0 Å². The standard InChI is InChI=1S/C20H19N5O2/c1-14(26)24-16-5-7-17(8-6-16)25-19-12-15(9-11-22-19)20(27)23-13-18-4-2-3-10-21-18/h2-12H,13H2,1H3,(H,22,25)(H,23,27)(H,24,26). The molecular formula is C20H19N5O2. The minimum absolute atomic E-state index is 0.123. The van der Waals surface area contributed by atoms with Crippen LogP contribution in [-0.2, 0) is 11.3 Å². The molecule has 2 heterocycles. The first-order chi connectivity index (χ1) is 13.1. The first kappa shape index (κ1) is 18.1. The largest absolute Gasteiger partial charge is 0.346 e. The summed E-state index contributed by atoms with van der Waals surface area (Å²) in [6.45, 7) is 1.82. The molecule has 2 amide bonds. The maximum Gasteiger partial charge on any atom is 0.251 e. The highest BCUT2D eigenvalue weighted by Gasteiger charge is 2.07. The SMILES string of the molecule is CC(=O)Nc1ccc(Nc2cc(C(=O)NCc3ccccn3)ccn2)cc1. The van der Waals surface area contributed by atoms with Crippen LogP contribution in [-0.4, -0.2) is 21.8 Å². The van der Waals surface area contributed by atoms with Gasteiger partial charge in [-0.1, -0.05) is 6.07 Å². The van der Waals surface area contributed by atoms with Gasteiger partial charge in [0.15, 0.2) is 0 Å². The van der Waals surface area contributed by atoms with Gasteiger partial charge in [-0.15, -0.1) is 0 Å². The summed E-state index contributed by atoms with van der Waals surface area (Å²) < 4.78 is 0. The Hall–Kier alpha value is -3.74. The van der Waals surface area contributed by atoms with Gasteiger partial charge in [-0.05, 0) is 48.5 Å². The van der Waals surface area contributed by atoms with E-state index in [0.717, 1.165) is 11.4 Å². The minimum Gasteiger partial charge on any atom is -0.346 e. The van der Waals surface area contributed by atoms with Gasteiger partial charge in [-0.25, -0.2) is 4.98 Å². The number of pyridine rings is 2. The predicted octanol–water partition coefficient (Wildman–Crippen LogP) is 3.11. The van der Waals surface area contributed by atoms with E-state index < -0.39 is 0 Å². The molecule has 0 fully saturated rings. The number of carbonyl (C=O) groups excluding carboxylic acids is 2. The molecule has 0 radical (unpaired) electrons. The molecule has 0 aliphatic rings. The second-order valence-corrected chi connectivity index (χ2v) is 5.82. The molecule has 0 unspecified atom stereocenters. The molecule has 0 saturated carbocycles. The van der Waals surface area contributed by atoms with E-state index in [1.807, 2.05) is 30.3 Å². The van der Waals surface area contributed by atoms with Crippen LogP contribution in [0, 0.1) is 0 Å². The van der Waals surface area contributed by atoms with Gasteiger partial charge in [0, 0.05) is 36.3 Å². The van der Waals surface area contributed by atoms with E-state index in [1.54, 1.807) is 36.7 Å². The zero-order valence-electron chi connectivity index (χ0n) is 14.8. The Bertz CT molecular complexity index is 927. The molecule has 27 heavy (non-hydrogen) atoms. The van der Waals surface area contributed by atoms with Gasteiger partial charge in [0.2, 0.25) is 5.91 Å². The summed E-state index contributed by atoms with van der Waals surface area (Å²) in [5.74, 6) is 0.224. The van der Waals surface area contributed by atoms with Crippen LogP contribution in [0.5, 0.6) is 0 Å². The second kappa shape index (κ2) is 8.57. The molecule has 7 nitrogen and oxygen atoms in total. The zero-order chi connectivity index (χ0) is 19.1. The van der Waals surface area contributed by atoms with E-state index >= 15 is 0 Å². The number of nitrogens with one attached hydrogen (secondary N) is 3. The van der Waals surface area contributed by atoms with Crippen LogP contribution in [0.1, 0.15) is 23.0 Å². The summed E-state index contributed by atoms with van der Waals surface area (Å²) in [4.78, 5) is 31.8. The number of hydrogen-bond donors (Lipinski definition) is 3. The highest BCUT2D eigenvalue weighted by Crippen LogP contribution is 2.18. The van der Waals surface area contributed by atoms with Crippen molar-refractivity contribution in [2.24, 2.45) is 0 Å². The molecule has 0 spiro atoms. The van der Waals surface area contributed by atoms with Gasteiger partial charge in [0.25, 0.3) is 5.91 Å². The molecule has 2 aromatic heterocycles. The number of anilines is 3. The number of amides is 2. The fourth-order valence-electron chi connectivity index (χ4n) is 2.40. The average molecular weight is 361 g/mol. The monoisotopic (exact) mass is 361 g/mol. The smallest absolute Gasteiger partial charge is 0.251 e. The van der Waals surface area contributed by atoms with Crippen molar-refractivity contribution in [2.75, 3.05) is 10.6 Å². The number of aromatic nitrogens is 2. The van der Waals surface area contributed by atoms with Crippen LogP contribution in [0.2, 0.25) is 0 Å². The number of benzene rings is 1. The van der Waals surface area contributed by atoms with Crippen LogP contribution in [0.15, 0.2) is 67.0 Å². The van der Waals surface area contributed by atoms with E-state index in [0.29, 0.717) is 23.6 Å². The molecule has 0 bridgehead atoms. The van der Waals surface area contributed by atoms with Crippen molar-refractivity contribution in [1.29, 1.82) is 0 Å². The molecule has 7 heteroatoms. The normalized spacial score (nSPS) is 10.1. The summed E-state index contributed by atoms with van der Waals surface area (Å²) in [5, 5.41) is 8.68. The van der Waals surface area contributed by atoms with Crippen LogP contribution < -0.4 is 16.0 Å². The highest BCUT2D eigenvalue weighted by molar-refractivity contribution is 5.94. The molecule has 0 aliphatic heterocycles. The number of hydrogen-bond acceptors (Lipinski definition) is 5. The third kappa shape index (κ3) is 5.37. The summed E-state index contributed by atoms with van der Waals surface area (Å²) in [5.41, 5.74) is 2.79. The van der Waals surface area contributed by atoms with Gasteiger partial charge in [-0.2, -0.15) is 0 Å². The number of carbonyl (C=O) groups is 2. The maximum atomic E-state index is 12.3. The maximum absolute atomic E-state index is 12.3. The topological polar surface area (TPSA) is 96.0 Å². The van der Waals surface area contributed by atoms with E-state index in [1.165, 1.54) is 6.92 Å². The molecule has 136 valence electrons. The Morgan fingerprint density at radius 1 is 0.926 bits per heavy atom. The zero-order valence-corrected chi connectivity index (χ0v) is 14.8. The van der Waals surface area contributed by atoms with Gasteiger partial charge in [-0.3, -0.25) is 14.6 Å². The first-order valence-corrected chi connectivity index (χ1v) is 8.39. The predicted molar refractivity (Wildman–Crippen MR) is 104 cm³/mol. The van der Waals surface area contributed by atoms with E-state index in [4.69, 9.17) is 0 Å². The van der Waals surface area contributed by atoms with Crippen molar-refractivity contribution in [2.45, 2.75) is 13.5 Å². The van der Waals surface area contributed by atoms with Gasteiger partial charge >= 0.3 is 0 Å². The van der Waals surface area contributed by atoms with Crippen molar-refractivity contribution >= 4 is 29.0 Å². The first-order valence-electron chi connectivity index (χ1n) is 8.39. The number of rotatable bonds is 6. The van der Waals surface area contributed by atoms with Gasteiger partial charge < -0.3 is 16.0 Å². The highest BCUT2D eigenvalue weighted by atomic mass is 16.2. The third-order valence-electron chi connectivity index (χ3n) is 3.66. The molecular weight excluding hydrogens is 342 g/mol. The van der Waals surface area contributed by atoms with Crippen LogP contribution in [0.25, 0.3) is 0 Å². The molecule has 0 atom stereocenters. The molecule has 0 saturated heterocycles. The lowest BCUT2D eigenvalue weighted by Gasteiger charge is -2.09. The number of nitrogens with zero attached hydrogens (tertiary/aromatic N) is 2. The Kier molecular flexibility index (Phi) is 5.73. The Morgan fingerprint density at radius 2 is 1.70 bits per heavy atom. The molecule has 0 aliphatic carbocycles. The van der Waals surface area contributed by atoms with Crippen molar-refractivity contribution in [3.8, 4) is 0 Å². The van der Waals surface area contributed by atoms with E-state index in [2.05, 4.69) is 25.9 Å². The lowest BCUT2D eigenvalue weighted by atomic mass is 10.2. The molecule has 3 rings (SSSR count).